The predicted octanol–water partition coefficient (Wildman–Crippen LogP) is 5.32. The highest BCUT2D eigenvalue weighted by Gasteiger charge is 2.29. The Hall–Kier alpha value is -2.29. The molecule has 1 N–H and O–H groups in total. The molecule has 0 bridgehead atoms. The molecule has 2 aromatic rings. The number of benzene rings is 2. The lowest BCUT2D eigenvalue weighted by Gasteiger charge is -2.30. The van der Waals surface area contributed by atoms with Crippen LogP contribution < -0.4 is 9.62 Å². The van der Waals surface area contributed by atoms with Gasteiger partial charge >= 0.3 is 0 Å². The number of nitrogens with zero attached hydrogens (tertiary/aromatic N) is 2. The number of anilines is 1. The molecule has 7 nitrogen and oxygen atoms in total. The molecule has 0 radical (unpaired) electrons. The molecular weight excluding hydrogens is 533 g/mol. The van der Waals surface area contributed by atoms with Gasteiger partial charge in [-0.15, -0.1) is 0 Å². The van der Waals surface area contributed by atoms with Crippen molar-refractivity contribution in [3.05, 3.63) is 63.6 Å². The van der Waals surface area contributed by atoms with E-state index in [0.29, 0.717) is 27.7 Å². The zero-order valence-corrected chi connectivity index (χ0v) is 23.9. The van der Waals surface area contributed by atoms with Gasteiger partial charge in [-0.05, 0) is 62.4 Å². The van der Waals surface area contributed by atoms with E-state index in [-0.39, 0.29) is 37.4 Å². The number of halogens is 2. The molecule has 1 saturated carbocycles. The molecule has 1 aliphatic rings. The summed E-state index contributed by atoms with van der Waals surface area (Å²) in [4.78, 5) is 28.0. The Balaban J connectivity index is 1.75. The first-order chi connectivity index (χ1) is 17.5. The lowest BCUT2D eigenvalue weighted by atomic mass is 10.1. The van der Waals surface area contributed by atoms with Gasteiger partial charge in [0.2, 0.25) is 21.8 Å². The van der Waals surface area contributed by atoms with E-state index in [1.54, 1.807) is 37.3 Å². The van der Waals surface area contributed by atoms with Crippen molar-refractivity contribution in [2.75, 3.05) is 17.1 Å². The zero-order valence-electron chi connectivity index (χ0n) is 21.5. The Labute approximate surface area is 230 Å². The molecule has 0 heterocycles. The SMILES string of the molecule is Cc1ccccc1N(CCCC(=O)N(Cc1ccc(Cl)cc1Cl)[C@@H](C)C(=O)NC1CCCC1)S(C)(=O)=O. The van der Waals surface area contributed by atoms with Crippen LogP contribution in [-0.2, 0) is 26.2 Å². The topological polar surface area (TPSA) is 86.8 Å². The second-order valence-electron chi connectivity index (χ2n) is 9.65. The summed E-state index contributed by atoms with van der Waals surface area (Å²) in [5, 5.41) is 3.97. The van der Waals surface area contributed by atoms with E-state index in [2.05, 4.69) is 5.32 Å². The minimum Gasteiger partial charge on any atom is -0.352 e. The van der Waals surface area contributed by atoms with Gasteiger partial charge in [0.05, 0.1) is 11.9 Å². The highest BCUT2D eigenvalue weighted by atomic mass is 35.5. The lowest BCUT2D eigenvalue weighted by Crippen LogP contribution is -2.49. The van der Waals surface area contributed by atoms with Crippen molar-refractivity contribution in [2.24, 2.45) is 0 Å². The Bertz CT molecular complexity index is 1220. The molecule has 10 heteroatoms. The van der Waals surface area contributed by atoms with Crippen LogP contribution in [0.15, 0.2) is 42.5 Å². The number of amides is 2. The van der Waals surface area contributed by atoms with Crippen molar-refractivity contribution >= 4 is 50.7 Å². The quantitative estimate of drug-likeness (QED) is 0.398. The van der Waals surface area contributed by atoms with Crippen molar-refractivity contribution < 1.29 is 18.0 Å². The van der Waals surface area contributed by atoms with E-state index < -0.39 is 16.1 Å². The maximum absolute atomic E-state index is 13.5. The standard InChI is InChI=1S/C27H35Cl2N3O4S/c1-19-9-4-7-12-25(19)32(37(3,35)36)16-8-13-26(33)31(18-21-14-15-22(28)17-24(21)29)20(2)27(34)30-23-10-5-6-11-23/h4,7,9,12,14-15,17,20,23H,5-6,8,10-11,13,16,18H2,1-3H3,(H,30,34)/t20-/m0/s1. The fourth-order valence-corrected chi connectivity index (χ4v) is 6.12. The number of carbonyl (C=O) groups is 2. The number of sulfonamides is 1. The van der Waals surface area contributed by atoms with Gasteiger partial charge in [0.25, 0.3) is 0 Å². The lowest BCUT2D eigenvalue weighted by molar-refractivity contribution is -0.140. The molecule has 2 aromatic carbocycles. The van der Waals surface area contributed by atoms with Crippen LogP contribution in [-0.4, -0.2) is 50.0 Å². The third-order valence-electron chi connectivity index (χ3n) is 6.76. The molecule has 37 heavy (non-hydrogen) atoms. The summed E-state index contributed by atoms with van der Waals surface area (Å²) < 4.78 is 26.4. The van der Waals surface area contributed by atoms with Gasteiger partial charge in [0, 0.05) is 35.6 Å². The largest absolute Gasteiger partial charge is 0.352 e. The predicted molar refractivity (Wildman–Crippen MR) is 149 cm³/mol. The van der Waals surface area contributed by atoms with Crippen LogP contribution >= 0.6 is 23.2 Å². The van der Waals surface area contributed by atoms with Crippen LogP contribution in [0, 0.1) is 6.92 Å². The Kier molecular flexibility index (Phi) is 10.3. The third-order valence-corrected chi connectivity index (χ3v) is 8.53. The number of rotatable bonds is 11. The molecule has 1 fully saturated rings. The molecule has 1 atom stereocenters. The number of hydrogen-bond acceptors (Lipinski definition) is 4. The van der Waals surface area contributed by atoms with E-state index in [4.69, 9.17) is 23.2 Å². The van der Waals surface area contributed by atoms with Crippen LogP contribution in [0.4, 0.5) is 5.69 Å². The molecule has 3 rings (SSSR count). The van der Waals surface area contributed by atoms with E-state index >= 15 is 0 Å². The van der Waals surface area contributed by atoms with Crippen LogP contribution in [0.1, 0.15) is 56.6 Å². The maximum atomic E-state index is 13.5. The molecule has 0 unspecified atom stereocenters. The molecule has 0 aliphatic heterocycles. The van der Waals surface area contributed by atoms with Crippen LogP contribution in [0.2, 0.25) is 10.0 Å². The molecule has 1 aliphatic carbocycles. The van der Waals surface area contributed by atoms with Crippen molar-refractivity contribution in [1.29, 1.82) is 0 Å². The van der Waals surface area contributed by atoms with E-state index in [0.717, 1.165) is 37.5 Å². The third kappa shape index (κ3) is 8.09. The summed E-state index contributed by atoms with van der Waals surface area (Å²) in [6.07, 6.45) is 5.57. The van der Waals surface area contributed by atoms with Crippen LogP contribution in [0.5, 0.6) is 0 Å². The van der Waals surface area contributed by atoms with Crippen molar-refractivity contribution in [3.8, 4) is 0 Å². The maximum Gasteiger partial charge on any atom is 0.242 e. The van der Waals surface area contributed by atoms with Crippen molar-refractivity contribution in [1.82, 2.24) is 10.2 Å². The number of aryl methyl sites for hydroxylation is 1. The minimum absolute atomic E-state index is 0.0736. The first-order valence-corrected chi connectivity index (χ1v) is 15.1. The first kappa shape index (κ1) is 29.3. The molecule has 0 aromatic heterocycles. The highest BCUT2D eigenvalue weighted by Crippen LogP contribution is 2.25. The summed E-state index contributed by atoms with van der Waals surface area (Å²) >= 11 is 12.4. The number of para-hydroxylation sites is 1. The van der Waals surface area contributed by atoms with Gasteiger partial charge in [0.1, 0.15) is 6.04 Å². The Morgan fingerprint density at radius 3 is 2.41 bits per heavy atom. The monoisotopic (exact) mass is 567 g/mol. The van der Waals surface area contributed by atoms with Crippen LogP contribution in [0.25, 0.3) is 0 Å². The van der Waals surface area contributed by atoms with Gasteiger partial charge in [0.15, 0.2) is 0 Å². The van der Waals surface area contributed by atoms with E-state index in [9.17, 15) is 18.0 Å². The summed E-state index contributed by atoms with van der Waals surface area (Å²) in [7, 11) is -3.55. The zero-order chi connectivity index (χ0) is 27.2. The van der Waals surface area contributed by atoms with Gasteiger partial charge in [-0.1, -0.05) is 60.3 Å². The van der Waals surface area contributed by atoms with E-state index in [1.165, 1.54) is 9.21 Å². The average molecular weight is 569 g/mol. The average Bonchev–Trinajstić information content (AvgIpc) is 3.34. The van der Waals surface area contributed by atoms with Crippen molar-refractivity contribution in [3.63, 3.8) is 0 Å². The second-order valence-corrected chi connectivity index (χ2v) is 12.4. The summed E-state index contributed by atoms with van der Waals surface area (Å²) in [5.41, 5.74) is 2.10. The molecule has 0 spiro atoms. The van der Waals surface area contributed by atoms with Gasteiger partial charge in [-0.2, -0.15) is 0 Å². The fourth-order valence-electron chi connectivity index (χ4n) is 4.63. The van der Waals surface area contributed by atoms with Crippen LogP contribution in [0.3, 0.4) is 0 Å². The smallest absolute Gasteiger partial charge is 0.242 e. The normalized spacial score (nSPS) is 14.8. The molecule has 202 valence electrons. The second kappa shape index (κ2) is 13.0. The highest BCUT2D eigenvalue weighted by molar-refractivity contribution is 7.92. The van der Waals surface area contributed by atoms with Crippen molar-refractivity contribution in [2.45, 2.75) is 71.0 Å². The van der Waals surface area contributed by atoms with Gasteiger partial charge in [-0.3, -0.25) is 13.9 Å². The molecular formula is C27H35Cl2N3O4S. The summed E-state index contributed by atoms with van der Waals surface area (Å²) in [6, 6.07) is 11.7. The fraction of sp³-hybridized carbons (Fsp3) is 0.481. The summed E-state index contributed by atoms with van der Waals surface area (Å²) in [6.45, 7) is 3.85. The number of hydrogen-bond donors (Lipinski definition) is 1. The number of nitrogens with one attached hydrogen (secondary N) is 1. The Morgan fingerprint density at radius 1 is 1.11 bits per heavy atom. The Morgan fingerprint density at radius 2 is 1.78 bits per heavy atom. The molecule has 0 saturated heterocycles. The first-order valence-electron chi connectivity index (χ1n) is 12.5. The minimum atomic E-state index is -3.55. The van der Waals surface area contributed by atoms with E-state index in [1.807, 2.05) is 19.1 Å². The van der Waals surface area contributed by atoms with Gasteiger partial charge < -0.3 is 10.2 Å². The number of carbonyl (C=O) groups excluding carboxylic acids is 2. The summed E-state index contributed by atoms with van der Waals surface area (Å²) in [5.74, 6) is -0.457. The molecule has 2 amide bonds. The van der Waals surface area contributed by atoms with Gasteiger partial charge in [-0.25, -0.2) is 8.42 Å².